The fraction of sp³-hybridized carbons (Fsp3) is 0.692. The third-order valence-corrected chi connectivity index (χ3v) is 4.35. The van der Waals surface area contributed by atoms with Crippen LogP contribution in [0.3, 0.4) is 0 Å². The number of carbonyl (C=O) groups excluding carboxylic acids is 1. The Labute approximate surface area is 112 Å². The molecule has 1 fully saturated rings. The Hall–Kier alpha value is -0.940. The van der Waals surface area contributed by atoms with Crippen molar-refractivity contribution in [3.8, 4) is 0 Å². The van der Waals surface area contributed by atoms with Gasteiger partial charge in [-0.3, -0.25) is 4.79 Å². The van der Waals surface area contributed by atoms with Gasteiger partial charge in [0.05, 0.1) is 10.7 Å². The number of nitrogens with one attached hydrogen (secondary N) is 1. The zero-order chi connectivity index (χ0) is 13.1. The van der Waals surface area contributed by atoms with Crippen molar-refractivity contribution in [1.29, 1.82) is 0 Å². The van der Waals surface area contributed by atoms with E-state index in [9.17, 15) is 4.79 Å². The maximum Gasteiger partial charge on any atom is 0.222 e. The highest BCUT2D eigenvalue weighted by atomic mass is 32.1. The minimum Gasteiger partial charge on any atom is -0.341 e. The summed E-state index contributed by atoms with van der Waals surface area (Å²) in [4.78, 5) is 19.2. The topological polar surface area (TPSA) is 45.2 Å². The monoisotopic (exact) mass is 267 g/mol. The van der Waals surface area contributed by atoms with Crippen LogP contribution in [0.5, 0.6) is 0 Å². The highest BCUT2D eigenvalue weighted by Crippen LogP contribution is 2.17. The van der Waals surface area contributed by atoms with Crippen LogP contribution in [0.4, 0.5) is 0 Å². The number of amides is 1. The van der Waals surface area contributed by atoms with Crippen LogP contribution >= 0.6 is 11.3 Å². The Morgan fingerprint density at radius 1 is 1.50 bits per heavy atom. The van der Waals surface area contributed by atoms with E-state index in [1.807, 2.05) is 11.8 Å². The number of thiazole rings is 1. The normalized spacial score (nSPS) is 17.5. The summed E-state index contributed by atoms with van der Waals surface area (Å²) >= 11 is 1.75. The fourth-order valence-corrected chi connectivity index (χ4v) is 3.18. The maximum absolute atomic E-state index is 11.5. The molecule has 1 unspecified atom stereocenters. The van der Waals surface area contributed by atoms with Crippen molar-refractivity contribution in [2.75, 3.05) is 13.1 Å². The smallest absolute Gasteiger partial charge is 0.222 e. The second-order valence-electron chi connectivity index (χ2n) is 4.97. The van der Waals surface area contributed by atoms with Gasteiger partial charge >= 0.3 is 0 Å². The summed E-state index contributed by atoms with van der Waals surface area (Å²) in [7, 11) is 0. The first kappa shape index (κ1) is 13.5. The molecule has 0 radical (unpaired) electrons. The Kier molecular flexibility index (Phi) is 4.35. The Morgan fingerprint density at radius 3 is 2.83 bits per heavy atom. The van der Waals surface area contributed by atoms with E-state index >= 15 is 0 Å². The molecule has 2 heterocycles. The molecule has 2 rings (SSSR count). The number of likely N-dealkylation sites (tertiary alicyclic amines) is 1. The van der Waals surface area contributed by atoms with E-state index in [0.717, 1.165) is 43.2 Å². The molecule has 0 bridgehead atoms. The average molecular weight is 267 g/mol. The lowest BCUT2D eigenvalue weighted by atomic mass is 10.3. The summed E-state index contributed by atoms with van der Waals surface area (Å²) in [5.41, 5.74) is 1.12. The summed E-state index contributed by atoms with van der Waals surface area (Å²) in [6.45, 7) is 8.80. The van der Waals surface area contributed by atoms with Crippen molar-refractivity contribution in [2.24, 2.45) is 0 Å². The Balaban J connectivity index is 1.79. The van der Waals surface area contributed by atoms with Gasteiger partial charge in [0.25, 0.3) is 0 Å². The summed E-state index contributed by atoms with van der Waals surface area (Å²) in [5, 5.41) is 4.59. The molecule has 0 saturated carbocycles. The van der Waals surface area contributed by atoms with Crippen molar-refractivity contribution >= 4 is 17.2 Å². The summed E-state index contributed by atoms with van der Waals surface area (Å²) in [6.07, 6.45) is 1.73. The van der Waals surface area contributed by atoms with Crippen molar-refractivity contribution in [3.63, 3.8) is 0 Å². The summed E-state index contributed by atoms with van der Waals surface area (Å²) < 4.78 is 0. The highest BCUT2D eigenvalue weighted by Gasteiger charge is 2.21. The number of hydrogen-bond donors (Lipinski definition) is 1. The van der Waals surface area contributed by atoms with Gasteiger partial charge in [0, 0.05) is 37.0 Å². The molecule has 100 valence electrons. The SMILES string of the molecule is Cc1nc(C)c(CNC(C)CN2CCCC2=O)s1. The lowest BCUT2D eigenvalue weighted by Crippen LogP contribution is -2.39. The third kappa shape index (κ3) is 3.29. The molecule has 1 aromatic heterocycles. The molecule has 1 aliphatic heterocycles. The fourth-order valence-electron chi connectivity index (χ4n) is 2.30. The maximum atomic E-state index is 11.5. The molecule has 1 aliphatic rings. The number of aryl methyl sites for hydroxylation is 2. The van der Waals surface area contributed by atoms with Gasteiger partial charge in [-0.2, -0.15) is 0 Å². The summed E-state index contributed by atoms with van der Waals surface area (Å²) in [5.74, 6) is 0.300. The van der Waals surface area contributed by atoms with Gasteiger partial charge < -0.3 is 10.2 Å². The minimum absolute atomic E-state index is 0.300. The standard InChI is InChI=1S/C13H21N3OS/c1-9(8-16-6-4-5-13(16)17)14-7-12-10(2)15-11(3)18-12/h9,14H,4-8H2,1-3H3. The van der Waals surface area contributed by atoms with E-state index in [1.54, 1.807) is 11.3 Å². The van der Waals surface area contributed by atoms with Gasteiger partial charge in [-0.15, -0.1) is 11.3 Å². The molecular weight excluding hydrogens is 246 g/mol. The first-order valence-electron chi connectivity index (χ1n) is 6.50. The highest BCUT2D eigenvalue weighted by molar-refractivity contribution is 7.11. The predicted octanol–water partition coefficient (Wildman–Crippen LogP) is 1.86. The molecule has 18 heavy (non-hydrogen) atoms. The largest absolute Gasteiger partial charge is 0.341 e. The van der Waals surface area contributed by atoms with E-state index in [4.69, 9.17) is 0 Å². The molecule has 1 N–H and O–H groups in total. The van der Waals surface area contributed by atoms with Crippen LogP contribution in [0.25, 0.3) is 0 Å². The quantitative estimate of drug-likeness (QED) is 0.885. The molecule has 0 aliphatic carbocycles. The van der Waals surface area contributed by atoms with Crippen molar-refractivity contribution in [1.82, 2.24) is 15.2 Å². The zero-order valence-electron chi connectivity index (χ0n) is 11.3. The van der Waals surface area contributed by atoms with E-state index in [1.165, 1.54) is 4.88 Å². The molecule has 0 spiro atoms. The summed E-state index contributed by atoms with van der Waals surface area (Å²) in [6, 6.07) is 0.328. The second kappa shape index (κ2) is 5.80. The van der Waals surface area contributed by atoms with Crippen LogP contribution in [0.15, 0.2) is 0 Å². The van der Waals surface area contributed by atoms with Crippen LogP contribution in [0.1, 0.15) is 35.3 Å². The number of rotatable bonds is 5. The number of nitrogens with zero attached hydrogens (tertiary/aromatic N) is 2. The van der Waals surface area contributed by atoms with Gasteiger partial charge in [0.2, 0.25) is 5.91 Å². The van der Waals surface area contributed by atoms with E-state index < -0.39 is 0 Å². The van der Waals surface area contributed by atoms with Crippen molar-refractivity contribution < 1.29 is 4.79 Å². The number of aromatic nitrogens is 1. The lowest BCUT2D eigenvalue weighted by molar-refractivity contribution is -0.127. The van der Waals surface area contributed by atoms with Gasteiger partial charge in [-0.1, -0.05) is 0 Å². The second-order valence-corrected chi connectivity index (χ2v) is 6.25. The Bertz CT molecular complexity index is 430. The van der Waals surface area contributed by atoms with Gasteiger partial charge in [-0.25, -0.2) is 4.98 Å². The van der Waals surface area contributed by atoms with Gasteiger partial charge in [0.15, 0.2) is 0 Å². The van der Waals surface area contributed by atoms with Crippen LogP contribution < -0.4 is 5.32 Å². The van der Waals surface area contributed by atoms with Crippen LogP contribution in [-0.4, -0.2) is 34.9 Å². The van der Waals surface area contributed by atoms with Gasteiger partial charge in [0.1, 0.15) is 0 Å². The Morgan fingerprint density at radius 2 is 2.28 bits per heavy atom. The lowest BCUT2D eigenvalue weighted by Gasteiger charge is -2.21. The molecular formula is C13H21N3OS. The van der Waals surface area contributed by atoms with Crippen LogP contribution in [-0.2, 0) is 11.3 Å². The average Bonchev–Trinajstić information content (AvgIpc) is 2.83. The first-order valence-corrected chi connectivity index (χ1v) is 7.32. The molecule has 1 saturated heterocycles. The number of carbonyl (C=O) groups is 1. The van der Waals surface area contributed by atoms with E-state index in [2.05, 4.69) is 24.1 Å². The molecule has 1 atom stereocenters. The van der Waals surface area contributed by atoms with E-state index in [0.29, 0.717) is 11.9 Å². The van der Waals surface area contributed by atoms with E-state index in [-0.39, 0.29) is 0 Å². The third-order valence-electron chi connectivity index (χ3n) is 3.28. The number of hydrogen-bond acceptors (Lipinski definition) is 4. The van der Waals surface area contributed by atoms with Crippen LogP contribution in [0.2, 0.25) is 0 Å². The molecule has 1 amide bonds. The minimum atomic E-state index is 0.300. The molecule has 5 heteroatoms. The van der Waals surface area contributed by atoms with Gasteiger partial charge in [-0.05, 0) is 27.2 Å². The predicted molar refractivity (Wildman–Crippen MR) is 73.7 cm³/mol. The van der Waals surface area contributed by atoms with Crippen molar-refractivity contribution in [2.45, 2.75) is 46.2 Å². The zero-order valence-corrected chi connectivity index (χ0v) is 12.1. The molecule has 4 nitrogen and oxygen atoms in total. The first-order chi connectivity index (χ1) is 8.56. The molecule has 0 aromatic carbocycles. The van der Waals surface area contributed by atoms with Crippen LogP contribution in [0, 0.1) is 13.8 Å². The van der Waals surface area contributed by atoms with Crippen molar-refractivity contribution in [3.05, 3.63) is 15.6 Å². The molecule has 1 aromatic rings.